The van der Waals surface area contributed by atoms with Crippen LogP contribution >= 0.6 is 0 Å². The summed E-state index contributed by atoms with van der Waals surface area (Å²) < 4.78 is 37.7. The van der Waals surface area contributed by atoms with Gasteiger partial charge in [-0.3, -0.25) is 4.79 Å². The summed E-state index contributed by atoms with van der Waals surface area (Å²) in [6.45, 7) is 0.407. The molecule has 0 bridgehead atoms. The summed E-state index contributed by atoms with van der Waals surface area (Å²) in [7, 11) is -0.827. The molecule has 0 aromatic heterocycles. The predicted molar refractivity (Wildman–Crippen MR) is 120 cm³/mol. The van der Waals surface area contributed by atoms with Gasteiger partial charge in [0.1, 0.15) is 0 Å². The summed E-state index contributed by atoms with van der Waals surface area (Å²) >= 11 is 0. The number of rotatable bonds is 8. The Kier molecular flexibility index (Phi) is 7.67. The van der Waals surface area contributed by atoms with E-state index in [1.165, 1.54) is 49.0 Å². The van der Waals surface area contributed by atoms with Gasteiger partial charge in [-0.05, 0) is 42.7 Å². The van der Waals surface area contributed by atoms with Gasteiger partial charge < -0.3 is 14.6 Å². The number of nitrogens with zero attached hydrogens (tertiary/aromatic N) is 2. The van der Waals surface area contributed by atoms with E-state index in [4.69, 9.17) is 14.6 Å². The molecule has 1 saturated heterocycles. The number of aromatic carboxylic acids is 1. The summed E-state index contributed by atoms with van der Waals surface area (Å²) in [5, 5.41) is 12.8. The zero-order chi connectivity index (χ0) is 24.0. The molecule has 2 N–H and O–H groups in total. The number of carbonyl (C=O) groups excluding carboxylic acids is 1. The molecular formula is C22H25N3O7S. The molecule has 0 unspecified atom stereocenters. The minimum atomic E-state index is -3.74. The second-order valence-electron chi connectivity index (χ2n) is 7.36. The fourth-order valence-corrected chi connectivity index (χ4v) is 4.94. The van der Waals surface area contributed by atoms with Crippen LogP contribution in [0.15, 0.2) is 52.5 Å². The van der Waals surface area contributed by atoms with Crippen molar-refractivity contribution in [3.05, 3.63) is 53.6 Å². The molecule has 11 heteroatoms. The van der Waals surface area contributed by atoms with Crippen molar-refractivity contribution in [2.45, 2.75) is 17.7 Å². The number of carboxylic acids is 1. The number of hydrogen-bond acceptors (Lipinski definition) is 7. The normalized spacial score (nSPS) is 15.3. The lowest BCUT2D eigenvalue weighted by atomic mass is 9.98. The zero-order valence-electron chi connectivity index (χ0n) is 18.2. The summed E-state index contributed by atoms with van der Waals surface area (Å²) in [5.74, 6) is -0.926. The van der Waals surface area contributed by atoms with Crippen molar-refractivity contribution >= 4 is 28.1 Å². The highest BCUT2D eigenvalue weighted by atomic mass is 32.2. The molecule has 1 fully saturated rings. The van der Waals surface area contributed by atoms with Crippen molar-refractivity contribution in [2.24, 2.45) is 11.0 Å². The van der Waals surface area contributed by atoms with Crippen molar-refractivity contribution in [2.75, 3.05) is 27.3 Å². The maximum Gasteiger partial charge on any atom is 0.335 e. The maximum atomic E-state index is 13.0. The number of carbonyl (C=O) groups is 2. The second-order valence-corrected chi connectivity index (χ2v) is 9.29. The minimum absolute atomic E-state index is 0.0987. The summed E-state index contributed by atoms with van der Waals surface area (Å²) in [6.07, 6.45) is 2.14. The Morgan fingerprint density at radius 2 is 1.70 bits per heavy atom. The first-order chi connectivity index (χ1) is 15.8. The molecule has 0 radical (unpaired) electrons. The molecule has 3 rings (SSSR count). The molecule has 0 spiro atoms. The Labute approximate surface area is 191 Å². The van der Waals surface area contributed by atoms with Crippen LogP contribution in [0, 0.1) is 5.92 Å². The van der Waals surface area contributed by atoms with E-state index in [1.54, 1.807) is 18.2 Å². The summed E-state index contributed by atoms with van der Waals surface area (Å²) in [5.41, 5.74) is 3.26. The lowest BCUT2D eigenvalue weighted by molar-refractivity contribution is -0.126. The van der Waals surface area contributed by atoms with E-state index >= 15 is 0 Å². The Morgan fingerprint density at radius 1 is 1.06 bits per heavy atom. The van der Waals surface area contributed by atoms with Gasteiger partial charge in [-0.2, -0.15) is 9.41 Å². The molecule has 33 heavy (non-hydrogen) atoms. The van der Waals surface area contributed by atoms with Gasteiger partial charge in [-0.1, -0.05) is 12.1 Å². The average molecular weight is 476 g/mol. The number of hydrazone groups is 1. The fourth-order valence-electron chi connectivity index (χ4n) is 3.46. The van der Waals surface area contributed by atoms with Crippen LogP contribution in [0.5, 0.6) is 11.5 Å². The average Bonchev–Trinajstić information content (AvgIpc) is 2.83. The van der Waals surface area contributed by atoms with Gasteiger partial charge in [0.15, 0.2) is 11.5 Å². The van der Waals surface area contributed by atoms with Crippen molar-refractivity contribution in [1.29, 1.82) is 0 Å². The van der Waals surface area contributed by atoms with E-state index in [0.717, 1.165) is 0 Å². The van der Waals surface area contributed by atoms with Gasteiger partial charge in [-0.25, -0.2) is 18.6 Å². The second kappa shape index (κ2) is 10.5. The van der Waals surface area contributed by atoms with Crippen LogP contribution in [0.4, 0.5) is 0 Å². The van der Waals surface area contributed by atoms with Crippen LogP contribution < -0.4 is 14.9 Å². The van der Waals surface area contributed by atoms with Crippen molar-refractivity contribution in [3.63, 3.8) is 0 Å². The lowest BCUT2D eigenvalue weighted by Gasteiger charge is -2.30. The number of hydrogen-bond donors (Lipinski definition) is 2. The first-order valence-electron chi connectivity index (χ1n) is 10.1. The van der Waals surface area contributed by atoms with Crippen LogP contribution in [0.3, 0.4) is 0 Å². The first-order valence-corrected chi connectivity index (χ1v) is 11.6. The number of carboxylic acid groups (broad SMARTS) is 1. The molecular weight excluding hydrogens is 450 g/mol. The highest BCUT2D eigenvalue weighted by Crippen LogP contribution is 2.32. The molecule has 10 nitrogen and oxygen atoms in total. The molecule has 176 valence electrons. The SMILES string of the molecule is COc1ccc(S(=O)(=O)N2CCC(C(=O)N/N=C\c3ccc(C(=O)O)cc3)CC2)cc1OC. The monoisotopic (exact) mass is 475 g/mol. The van der Waals surface area contributed by atoms with E-state index in [1.807, 2.05) is 0 Å². The molecule has 1 amide bonds. The number of methoxy groups -OCH3 is 2. The smallest absolute Gasteiger partial charge is 0.335 e. The minimum Gasteiger partial charge on any atom is -0.493 e. The molecule has 0 atom stereocenters. The highest BCUT2D eigenvalue weighted by Gasteiger charge is 2.32. The van der Waals surface area contributed by atoms with Gasteiger partial charge in [0.25, 0.3) is 0 Å². The maximum absolute atomic E-state index is 13.0. The third-order valence-electron chi connectivity index (χ3n) is 5.36. The van der Waals surface area contributed by atoms with Gasteiger partial charge >= 0.3 is 5.97 Å². The van der Waals surface area contributed by atoms with Crippen LogP contribution in [0.2, 0.25) is 0 Å². The Balaban J connectivity index is 1.56. The molecule has 2 aromatic rings. The van der Waals surface area contributed by atoms with Crippen LogP contribution in [-0.4, -0.2) is 63.2 Å². The Hall–Kier alpha value is -3.44. The number of piperidine rings is 1. The summed E-state index contributed by atoms with van der Waals surface area (Å²) in [4.78, 5) is 23.4. The van der Waals surface area contributed by atoms with E-state index in [0.29, 0.717) is 29.9 Å². The van der Waals surface area contributed by atoms with E-state index in [-0.39, 0.29) is 35.4 Å². The third-order valence-corrected chi connectivity index (χ3v) is 7.26. The number of sulfonamides is 1. The molecule has 1 aliphatic heterocycles. The number of ether oxygens (including phenoxy) is 2. The van der Waals surface area contributed by atoms with Crippen LogP contribution in [0.1, 0.15) is 28.8 Å². The Morgan fingerprint density at radius 3 is 2.27 bits per heavy atom. The van der Waals surface area contributed by atoms with Crippen molar-refractivity contribution < 1.29 is 32.6 Å². The largest absolute Gasteiger partial charge is 0.493 e. The standard InChI is InChI=1S/C22H25N3O7S/c1-31-19-8-7-18(13-20(19)32-2)33(29,30)25-11-9-16(10-12-25)21(26)24-23-14-15-3-5-17(6-4-15)22(27)28/h3-8,13-14,16H,9-12H2,1-2H3,(H,24,26)(H,27,28)/b23-14-. The number of benzene rings is 2. The van der Waals surface area contributed by atoms with Gasteiger partial charge in [0.2, 0.25) is 15.9 Å². The third kappa shape index (κ3) is 5.68. The molecule has 2 aromatic carbocycles. The van der Waals surface area contributed by atoms with Crippen LogP contribution in [0.25, 0.3) is 0 Å². The first kappa shape index (κ1) is 24.2. The van der Waals surface area contributed by atoms with E-state index in [9.17, 15) is 18.0 Å². The van der Waals surface area contributed by atoms with Crippen LogP contribution in [-0.2, 0) is 14.8 Å². The predicted octanol–water partition coefficient (Wildman–Crippen LogP) is 1.95. The molecule has 0 aliphatic carbocycles. The van der Waals surface area contributed by atoms with E-state index < -0.39 is 16.0 Å². The zero-order valence-corrected chi connectivity index (χ0v) is 19.0. The lowest BCUT2D eigenvalue weighted by Crippen LogP contribution is -2.42. The van der Waals surface area contributed by atoms with Gasteiger partial charge in [0.05, 0.1) is 30.9 Å². The Bertz CT molecular complexity index is 1140. The molecule has 1 heterocycles. The highest BCUT2D eigenvalue weighted by molar-refractivity contribution is 7.89. The van der Waals surface area contributed by atoms with Crippen molar-refractivity contribution in [1.82, 2.24) is 9.73 Å². The quantitative estimate of drug-likeness (QED) is 0.440. The van der Waals surface area contributed by atoms with Gasteiger partial charge in [-0.15, -0.1) is 0 Å². The molecule has 0 saturated carbocycles. The number of amides is 1. The topological polar surface area (TPSA) is 135 Å². The number of nitrogens with one attached hydrogen (secondary N) is 1. The summed E-state index contributed by atoms with van der Waals surface area (Å²) in [6, 6.07) is 10.5. The molecule has 1 aliphatic rings. The van der Waals surface area contributed by atoms with Gasteiger partial charge in [0, 0.05) is 25.1 Å². The van der Waals surface area contributed by atoms with Crippen molar-refractivity contribution in [3.8, 4) is 11.5 Å². The fraction of sp³-hybridized carbons (Fsp3) is 0.318. The van der Waals surface area contributed by atoms with E-state index in [2.05, 4.69) is 10.5 Å².